The molecule has 1 unspecified atom stereocenters. The second kappa shape index (κ2) is 14.9. The fourth-order valence-electron chi connectivity index (χ4n) is 3.77. The molecule has 0 saturated heterocycles. The standard InChI is InChI=1S/C20H41N3O2.HI/c1-5-21-19(22-14-10-18(17(3)4)25-6-2)23-16-20(13-15-24)11-8-7-9-12-20;/h17-18,24H,5-16H2,1-4H3,(H2,21,22,23);1H. The molecule has 5 nitrogen and oxygen atoms in total. The maximum atomic E-state index is 9.46. The van der Waals surface area contributed by atoms with Gasteiger partial charge in [0.15, 0.2) is 5.96 Å². The van der Waals surface area contributed by atoms with E-state index in [2.05, 4.69) is 38.3 Å². The Morgan fingerprint density at radius 2 is 1.85 bits per heavy atom. The summed E-state index contributed by atoms with van der Waals surface area (Å²) in [7, 11) is 0. The van der Waals surface area contributed by atoms with Crippen LogP contribution in [0, 0.1) is 11.3 Å². The second-order valence-corrected chi connectivity index (χ2v) is 7.68. The molecule has 0 aromatic carbocycles. The number of guanidine groups is 1. The molecule has 0 heterocycles. The van der Waals surface area contributed by atoms with E-state index in [1.54, 1.807) is 0 Å². The summed E-state index contributed by atoms with van der Waals surface area (Å²) in [6, 6.07) is 0. The zero-order valence-corrected chi connectivity index (χ0v) is 19.7. The highest BCUT2D eigenvalue weighted by atomic mass is 127. The van der Waals surface area contributed by atoms with Gasteiger partial charge in [0, 0.05) is 32.8 Å². The first-order chi connectivity index (χ1) is 12.1. The number of rotatable bonds is 11. The number of ether oxygens (including phenoxy) is 1. The fraction of sp³-hybridized carbons (Fsp3) is 0.950. The summed E-state index contributed by atoms with van der Waals surface area (Å²) >= 11 is 0. The summed E-state index contributed by atoms with van der Waals surface area (Å²) < 4.78 is 5.82. The van der Waals surface area contributed by atoms with Crippen LogP contribution < -0.4 is 10.6 Å². The molecule has 1 fully saturated rings. The highest BCUT2D eigenvalue weighted by Gasteiger charge is 2.31. The molecule has 1 aliphatic rings. The number of aliphatic hydroxyl groups is 1. The largest absolute Gasteiger partial charge is 0.396 e. The van der Waals surface area contributed by atoms with Crippen LogP contribution in [-0.2, 0) is 4.74 Å². The molecule has 1 rings (SSSR count). The van der Waals surface area contributed by atoms with E-state index in [0.29, 0.717) is 12.0 Å². The topological polar surface area (TPSA) is 65.9 Å². The van der Waals surface area contributed by atoms with Crippen molar-refractivity contribution in [1.29, 1.82) is 0 Å². The van der Waals surface area contributed by atoms with Crippen LogP contribution in [0.3, 0.4) is 0 Å². The van der Waals surface area contributed by atoms with Gasteiger partial charge in [-0.2, -0.15) is 0 Å². The van der Waals surface area contributed by atoms with Crippen molar-refractivity contribution in [3.05, 3.63) is 0 Å². The maximum Gasteiger partial charge on any atom is 0.191 e. The summed E-state index contributed by atoms with van der Waals surface area (Å²) in [5.41, 5.74) is 0.196. The quantitative estimate of drug-likeness (QED) is 0.237. The number of nitrogens with zero attached hydrogens (tertiary/aromatic N) is 1. The van der Waals surface area contributed by atoms with Crippen LogP contribution in [0.15, 0.2) is 4.99 Å². The van der Waals surface area contributed by atoms with Gasteiger partial charge >= 0.3 is 0 Å². The zero-order chi connectivity index (χ0) is 18.5. The number of hydrogen-bond donors (Lipinski definition) is 3. The molecule has 156 valence electrons. The molecule has 1 saturated carbocycles. The lowest BCUT2D eigenvalue weighted by Gasteiger charge is -2.35. The number of aliphatic imine (C=N–C) groups is 1. The van der Waals surface area contributed by atoms with E-state index in [4.69, 9.17) is 9.73 Å². The third-order valence-electron chi connectivity index (χ3n) is 5.32. The average molecular weight is 483 g/mol. The lowest BCUT2D eigenvalue weighted by Crippen LogP contribution is -2.40. The number of nitrogens with one attached hydrogen (secondary N) is 2. The smallest absolute Gasteiger partial charge is 0.191 e. The van der Waals surface area contributed by atoms with E-state index in [1.165, 1.54) is 32.1 Å². The highest BCUT2D eigenvalue weighted by molar-refractivity contribution is 14.0. The Morgan fingerprint density at radius 1 is 1.15 bits per heavy atom. The van der Waals surface area contributed by atoms with Crippen LogP contribution in [0.2, 0.25) is 0 Å². The van der Waals surface area contributed by atoms with Crippen LogP contribution in [-0.4, -0.2) is 50.0 Å². The second-order valence-electron chi connectivity index (χ2n) is 7.68. The van der Waals surface area contributed by atoms with Crippen LogP contribution >= 0.6 is 24.0 Å². The summed E-state index contributed by atoms with van der Waals surface area (Å²) in [6.07, 6.45) is 8.39. The van der Waals surface area contributed by atoms with Crippen LogP contribution in [0.4, 0.5) is 0 Å². The molecule has 1 atom stereocenters. The zero-order valence-electron chi connectivity index (χ0n) is 17.4. The van der Waals surface area contributed by atoms with E-state index in [1.807, 2.05) is 0 Å². The van der Waals surface area contributed by atoms with Gasteiger partial charge in [-0.3, -0.25) is 4.99 Å². The van der Waals surface area contributed by atoms with Crippen molar-refractivity contribution in [3.8, 4) is 0 Å². The Labute approximate surface area is 178 Å². The Morgan fingerprint density at radius 3 is 2.38 bits per heavy atom. The summed E-state index contributed by atoms with van der Waals surface area (Å²) in [6.45, 7) is 12.1. The van der Waals surface area contributed by atoms with Crippen LogP contribution in [0.1, 0.15) is 72.6 Å². The molecular weight excluding hydrogens is 441 g/mol. The lowest BCUT2D eigenvalue weighted by molar-refractivity contribution is 0.0258. The molecule has 0 amide bonds. The van der Waals surface area contributed by atoms with Crippen molar-refractivity contribution in [2.75, 3.05) is 32.8 Å². The fourth-order valence-corrected chi connectivity index (χ4v) is 3.77. The molecular formula is C20H42IN3O2. The van der Waals surface area contributed by atoms with Crippen LogP contribution in [0.25, 0.3) is 0 Å². The van der Waals surface area contributed by atoms with Gasteiger partial charge in [0.1, 0.15) is 0 Å². The first-order valence-corrected chi connectivity index (χ1v) is 10.3. The van der Waals surface area contributed by atoms with Crippen molar-refractivity contribution in [3.63, 3.8) is 0 Å². The summed E-state index contributed by atoms with van der Waals surface area (Å²) in [5, 5.41) is 16.3. The molecule has 6 heteroatoms. The minimum atomic E-state index is 0. The maximum absolute atomic E-state index is 9.46. The molecule has 0 aromatic heterocycles. The molecule has 3 N–H and O–H groups in total. The molecule has 0 spiro atoms. The van der Waals surface area contributed by atoms with Gasteiger partial charge in [-0.15, -0.1) is 24.0 Å². The third-order valence-corrected chi connectivity index (χ3v) is 5.32. The van der Waals surface area contributed by atoms with Crippen LogP contribution in [0.5, 0.6) is 0 Å². The van der Waals surface area contributed by atoms with Crippen molar-refractivity contribution in [1.82, 2.24) is 10.6 Å². The number of hydrogen-bond acceptors (Lipinski definition) is 3. The summed E-state index contributed by atoms with van der Waals surface area (Å²) in [5.74, 6) is 1.42. The molecule has 1 aliphatic carbocycles. The van der Waals surface area contributed by atoms with E-state index >= 15 is 0 Å². The Hall–Kier alpha value is -0.0800. The van der Waals surface area contributed by atoms with E-state index in [-0.39, 0.29) is 36.0 Å². The van der Waals surface area contributed by atoms with Gasteiger partial charge in [0.05, 0.1) is 6.10 Å². The molecule has 0 bridgehead atoms. The van der Waals surface area contributed by atoms with Gasteiger partial charge in [0.2, 0.25) is 0 Å². The number of halogens is 1. The molecule has 0 radical (unpaired) electrons. The Kier molecular flexibility index (Phi) is 14.9. The van der Waals surface area contributed by atoms with E-state index in [9.17, 15) is 5.11 Å². The van der Waals surface area contributed by atoms with Gasteiger partial charge < -0.3 is 20.5 Å². The molecule has 0 aromatic rings. The SMILES string of the molecule is CCNC(=NCC1(CCO)CCCCC1)NCCC(OCC)C(C)C.I. The van der Waals surface area contributed by atoms with Crippen molar-refractivity contribution in [2.45, 2.75) is 78.7 Å². The first kappa shape index (κ1) is 25.9. The average Bonchev–Trinajstić information content (AvgIpc) is 2.60. The van der Waals surface area contributed by atoms with E-state index in [0.717, 1.165) is 45.0 Å². The van der Waals surface area contributed by atoms with Gasteiger partial charge in [-0.25, -0.2) is 0 Å². The Bertz CT molecular complexity index is 367. The summed E-state index contributed by atoms with van der Waals surface area (Å²) in [4.78, 5) is 4.86. The predicted octanol–water partition coefficient (Wildman–Crippen LogP) is 3.94. The minimum absolute atomic E-state index is 0. The minimum Gasteiger partial charge on any atom is -0.396 e. The first-order valence-electron chi connectivity index (χ1n) is 10.3. The number of aliphatic hydroxyl groups excluding tert-OH is 1. The third kappa shape index (κ3) is 9.74. The van der Waals surface area contributed by atoms with Crippen molar-refractivity contribution >= 4 is 29.9 Å². The van der Waals surface area contributed by atoms with Gasteiger partial charge in [0.25, 0.3) is 0 Å². The normalized spacial score (nSPS) is 18.3. The molecule has 26 heavy (non-hydrogen) atoms. The molecule has 0 aliphatic heterocycles. The Balaban J connectivity index is 0.00000625. The monoisotopic (exact) mass is 483 g/mol. The lowest BCUT2D eigenvalue weighted by atomic mass is 9.72. The van der Waals surface area contributed by atoms with Crippen molar-refractivity contribution in [2.24, 2.45) is 16.3 Å². The van der Waals surface area contributed by atoms with Gasteiger partial charge in [-0.05, 0) is 50.9 Å². The van der Waals surface area contributed by atoms with Crippen molar-refractivity contribution < 1.29 is 9.84 Å². The highest BCUT2D eigenvalue weighted by Crippen LogP contribution is 2.39. The van der Waals surface area contributed by atoms with Gasteiger partial charge in [-0.1, -0.05) is 33.1 Å². The predicted molar refractivity (Wildman–Crippen MR) is 121 cm³/mol. The van der Waals surface area contributed by atoms with E-state index < -0.39 is 0 Å².